The first-order valence-corrected chi connectivity index (χ1v) is 8.69. The number of thioether (sulfide) groups is 1. The fourth-order valence-corrected chi connectivity index (χ4v) is 4.22. The molecule has 0 bridgehead atoms. The molecule has 2 fully saturated rings. The number of hydrogen-bond acceptors (Lipinski definition) is 2. The van der Waals surface area contributed by atoms with Crippen LogP contribution in [0.1, 0.15) is 56.1 Å². The SMILES string of the molecule is Cc1ccc(SC2CCCCC2)c(CNC2CC2)c1. The molecule has 2 heteroatoms. The third-order valence-corrected chi connectivity index (χ3v) is 5.68. The van der Waals surface area contributed by atoms with E-state index in [0.29, 0.717) is 0 Å². The zero-order valence-electron chi connectivity index (χ0n) is 12.0. The summed E-state index contributed by atoms with van der Waals surface area (Å²) < 4.78 is 0. The predicted molar refractivity (Wildman–Crippen MR) is 83.8 cm³/mol. The van der Waals surface area contributed by atoms with Crippen LogP contribution in [0.2, 0.25) is 0 Å². The van der Waals surface area contributed by atoms with Gasteiger partial charge in [-0.1, -0.05) is 37.0 Å². The van der Waals surface area contributed by atoms with Gasteiger partial charge >= 0.3 is 0 Å². The van der Waals surface area contributed by atoms with E-state index in [1.54, 1.807) is 0 Å². The Morgan fingerprint density at radius 1 is 1.11 bits per heavy atom. The van der Waals surface area contributed by atoms with E-state index >= 15 is 0 Å². The second kappa shape index (κ2) is 6.32. The van der Waals surface area contributed by atoms with Gasteiger partial charge in [0.25, 0.3) is 0 Å². The third-order valence-electron chi connectivity index (χ3n) is 4.22. The summed E-state index contributed by atoms with van der Waals surface area (Å²) in [6.07, 6.45) is 9.87. The smallest absolute Gasteiger partial charge is 0.0219 e. The minimum atomic E-state index is 0.799. The van der Waals surface area contributed by atoms with Crippen LogP contribution in [-0.4, -0.2) is 11.3 Å². The molecule has 2 saturated carbocycles. The van der Waals surface area contributed by atoms with Gasteiger partial charge in [0.15, 0.2) is 0 Å². The summed E-state index contributed by atoms with van der Waals surface area (Å²) in [5.41, 5.74) is 2.91. The molecule has 0 spiro atoms. The Morgan fingerprint density at radius 2 is 1.89 bits per heavy atom. The van der Waals surface area contributed by atoms with Crippen LogP contribution >= 0.6 is 11.8 Å². The van der Waals surface area contributed by atoms with Gasteiger partial charge in [-0.3, -0.25) is 0 Å². The highest BCUT2D eigenvalue weighted by Gasteiger charge is 2.21. The molecule has 1 aromatic carbocycles. The van der Waals surface area contributed by atoms with E-state index in [4.69, 9.17) is 0 Å². The molecule has 3 rings (SSSR count). The molecule has 0 heterocycles. The lowest BCUT2D eigenvalue weighted by molar-refractivity contribution is 0.516. The van der Waals surface area contributed by atoms with E-state index < -0.39 is 0 Å². The van der Waals surface area contributed by atoms with Crippen molar-refractivity contribution in [3.8, 4) is 0 Å². The van der Waals surface area contributed by atoms with Crippen molar-refractivity contribution in [1.29, 1.82) is 0 Å². The van der Waals surface area contributed by atoms with Gasteiger partial charge in [0.2, 0.25) is 0 Å². The summed E-state index contributed by atoms with van der Waals surface area (Å²) in [5, 5.41) is 4.52. The van der Waals surface area contributed by atoms with Crippen molar-refractivity contribution in [2.45, 2.75) is 74.6 Å². The molecule has 1 nitrogen and oxygen atoms in total. The number of rotatable bonds is 5. The molecule has 0 atom stereocenters. The molecule has 0 radical (unpaired) electrons. The monoisotopic (exact) mass is 275 g/mol. The van der Waals surface area contributed by atoms with Gasteiger partial charge < -0.3 is 5.32 Å². The highest BCUT2D eigenvalue weighted by Crippen LogP contribution is 2.35. The van der Waals surface area contributed by atoms with Crippen LogP contribution in [0.4, 0.5) is 0 Å². The summed E-state index contributed by atoms with van der Waals surface area (Å²) >= 11 is 2.13. The van der Waals surface area contributed by atoms with Gasteiger partial charge in [-0.25, -0.2) is 0 Å². The van der Waals surface area contributed by atoms with E-state index in [-0.39, 0.29) is 0 Å². The number of hydrogen-bond donors (Lipinski definition) is 1. The van der Waals surface area contributed by atoms with Gasteiger partial charge in [-0.15, -0.1) is 11.8 Å². The third kappa shape index (κ3) is 4.00. The molecule has 1 N–H and O–H groups in total. The Balaban J connectivity index is 1.66. The molecule has 2 aliphatic carbocycles. The van der Waals surface area contributed by atoms with Crippen molar-refractivity contribution in [1.82, 2.24) is 5.32 Å². The first kappa shape index (κ1) is 13.5. The van der Waals surface area contributed by atoms with Crippen LogP contribution in [0.25, 0.3) is 0 Å². The maximum absolute atomic E-state index is 3.66. The van der Waals surface area contributed by atoms with Crippen molar-refractivity contribution in [2.75, 3.05) is 0 Å². The van der Waals surface area contributed by atoms with Crippen LogP contribution in [0.5, 0.6) is 0 Å². The number of benzene rings is 1. The molecule has 0 unspecified atom stereocenters. The summed E-state index contributed by atoms with van der Waals surface area (Å²) in [7, 11) is 0. The number of aryl methyl sites for hydroxylation is 1. The molecule has 0 amide bonds. The van der Waals surface area contributed by atoms with Gasteiger partial charge in [-0.05, 0) is 44.2 Å². The second-order valence-corrected chi connectivity index (χ2v) is 7.49. The van der Waals surface area contributed by atoms with Gasteiger partial charge in [-0.2, -0.15) is 0 Å². The first-order valence-electron chi connectivity index (χ1n) is 7.81. The van der Waals surface area contributed by atoms with Gasteiger partial charge in [0, 0.05) is 22.7 Å². The highest BCUT2D eigenvalue weighted by atomic mass is 32.2. The zero-order chi connectivity index (χ0) is 13.1. The Hall–Kier alpha value is -0.470. The zero-order valence-corrected chi connectivity index (χ0v) is 12.8. The molecule has 104 valence electrons. The normalized spacial score (nSPS) is 20.7. The molecule has 0 aromatic heterocycles. The van der Waals surface area contributed by atoms with Crippen LogP contribution in [-0.2, 0) is 6.54 Å². The minimum Gasteiger partial charge on any atom is -0.310 e. The average molecular weight is 275 g/mol. The quantitative estimate of drug-likeness (QED) is 0.838. The summed E-state index contributed by atoms with van der Waals surface area (Å²) in [6.45, 7) is 3.26. The van der Waals surface area contributed by atoms with Gasteiger partial charge in [0.05, 0.1) is 0 Å². The lowest BCUT2D eigenvalue weighted by Gasteiger charge is -2.22. The Kier molecular flexibility index (Phi) is 4.49. The van der Waals surface area contributed by atoms with Crippen molar-refractivity contribution in [3.63, 3.8) is 0 Å². The first-order chi connectivity index (χ1) is 9.31. The van der Waals surface area contributed by atoms with Crippen molar-refractivity contribution < 1.29 is 0 Å². The van der Waals surface area contributed by atoms with Crippen LogP contribution < -0.4 is 5.32 Å². The topological polar surface area (TPSA) is 12.0 Å². The summed E-state index contributed by atoms with van der Waals surface area (Å²) in [5.74, 6) is 0. The Bertz CT molecular complexity index is 419. The van der Waals surface area contributed by atoms with Crippen LogP contribution in [0.15, 0.2) is 23.1 Å². The molecule has 0 saturated heterocycles. The van der Waals surface area contributed by atoms with E-state index in [2.05, 4.69) is 42.2 Å². The fourth-order valence-electron chi connectivity index (χ4n) is 2.87. The van der Waals surface area contributed by atoms with Crippen molar-refractivity contribution in [3.05, 3.63) is 29.3 Å². The predicted octanol–water partition coefficient (Wildman–Crippen LogP) is 4.67. The van der Waals surface area contributed by atoms with Crippen molar-refractivity contribution >= 4 is 11.8 Å². The maximum atomic E-state index is 3.66. The number of nitrogens with one attached hydrogen (secondary N) is 1. The van der Waals surface area contributed by atoms with E-state index in [0.717, 1.165) is 17.8 Å². The van der Waals surface area contributed by atoms with Gasteiger partial charge in [0.1, 0.15) is 0 Å². The summed E-state index contributed by atoms with van der Waals surface area (Å²) in [6, 6.07) is 7.79. The molecule has 2 aliphatic rings. The fraction of sp³-hybridized carbons (Fsp3) is 0.647. The highest BCUT2D eigenvalue weighted by molar-refractivity contribution is 8.00. The Labute approximate surface area is 121 Å². The van der Waals surface area contributed by atoms with E-state index in [9.17, 15) is 0 Å². The lowest BCUT2D eigenvalue weighted by Crippen LogP contribution is -2.16. The summed E-state index contributed by atoms with van der Waals surface area (Å²) in [4.78, 5) is 1.52. The molecule has 1 aromatic rings. The standard InChI is InChI=1S/C17H25NS/c1-13-7-10-17(19-16-5-3-2-4-6-16)14(11-13)12-18-15-8-9-15/h7,10-11,15-16,18H,2-6,8-9,12H2,1H3. The second-order valence-electron chi connectivity index (χ2n) is 6.14. The average Bonchev–Trinajstić information content (AvgIpc) is 3.24. The van der Waals surface area contributed by atoms with Crippen molar-refractivity contribution in [2.24, 2.45) is 0 Å². The van der Waals surface area contributed by atoms with E-state index in [1.165, 1.54) is 61.0 Å². The van der Waals surface area contributed by atoms with E-state index in [1.807, 2.05) is 0 Å². The Morgan fingerprint density at radius 3 is 2.63 bits per heavy atom. The molecule has 19 heavy (non-hydrogen) atoms. The minimum absolute atomic E-state index is 0.799. The molecular formula is C17H25NS. The largest absolute Gasteiger partial charge is 0.310 e. The lowest BCUT2D eigenvalue weighted by atomic mass is 10.0. The molecule has 0 aliphatic heterocycles. The van der Waals surface area contributed by atoms with Crippen LogP contribution in [0, 0.1) is 6.92 Å². The van der Waals surface area contributed by atoms with Crippen LogP contribution in [0.3, 0.4) is 0 Å². The molecular weight excluding hydrogens is 250 g/mol. The maximum Gasteiger partial charge on any atom is 0.0219 e.